The number of H-pyrrole nitrogens is 1. The van der Waals surface area contributed by atoms with E-state index in [2.05, 4.69) is 20.6 Å². The van der Waals surface area contributed by atoms with Crippen LogP contribution in [0.1, 0.15) is 16.1 Å². The van der Waals surface area contributed by atoms with E-state index < -0.39 is 17.7 Å². The molecule has 0 spiro atoms. The number of carboxylic acid groups (broad SMARTS) is 1. The van der Waals surface area contributed by atoms with Crippen molar-refractivity contribution in [1.82, 2.24) is 15.3 Å². The first-order valence-electron chi connectivity index (χ1n) is 6.15. The van der Waals surface area contributed by atoms with Gasteiger partial charge < -0.3 is 25.8 Å². The second kappa shape index (κ2) is 6.42. The second-order valence-electron chi connectivity index (χ2n) is 4.21. The fourth-order valence-corrected chi connectivity index (χ4v) is 1.72. The number of hydrogen-bond acceptors (Lipinski definition) is 4. The molecule has 0 aliphatic heterocycles. The summed E-state index contributed by atoms with van der Waals surface area (Å²) in [5, 5.41) is 23.6. The van der Waals surface area contributed by atoms with Gasteiger partial charge in [0.2, 0.25) is 0 Å². The molecule has 0 radical (unpaired) electrons. The van der Waals surface area contributed by atoms with E-state index >= 15 is 0 Å². The van der Waals surface area contributed by atoms with Crippen molar-refractivity contribution in [3.05, 3.63) is 42.0 Å². The minimum atomic E-state index is -1.27. The fraction of sp³-hybridized carbons (Fsp3) is 0.154. The zero-order valence-corrected chi connectivity index (χ0v) is 11.0. The minimum absolute atomic E-state index is 0.0361. The molecule has 0 aliphatic rings. The maximum absolute atomic E-state index is 11.7. The molecule has 0 fully saturated rings. The fourth-order valence-electron chi connectivity index (χ4n) is 1.72. The Morgan fingerprint density at radius 3 is 2.81 bits per heavy atom. The van der Waals surface area contributed by atoms with Crippen LogP contribution in [0.5, 0.6) is 5.75 Å². The number of nitrogens with one attached hydrogen (secondary N) is 3. The maximum Gasteiger partial charge on any atom is 0.339 e. The number of amides is 2. The molecule has 8 nitrogen and oxygen atoms in total. The Morgan fingerprint density at radius 1 is 1.33 bits per heavy atom. The monoisotopic (exact) mass is 290 g/mol. The van der Waals surface area contributed by atoms with Crippen LogP contribution in [0.4, 0.5) is 10.5 Å². The largest absolute Gasteiger partial charge is 0.505 e. The third kappa shape index (κ3) is 3.72. The lowest BCUT2D eigenvalue weighted by molar-refractivity contribution is 0.0693. The van der Waals surface area contributed by atoms with Gasteiger partial charge in [-0.25, -0.2) is 14.6 Å². The van der Waals surface area contributed by atoms with Gasteiger partial charge in [0.05, 0.1) is 12.0 Å². The number of hydrogen-bond donors (Lipinski definition) is 5. The average molecular weight is 290 g/mol. The van der Waals surface area contributed by atoms with Crippen molar-refractivity contribution in [1.29, 1.82) is 0 Å². The highest BCUT2D eigenvalue weighted by Crippen LogP contribution is 2.27. The number of carbonyl (C=O) groups excluding carboxylic acids is 1. The van der Waals surface area contributed by atoms with Gasteiger partial charge in [-0.15, -0.1) is 0 Å². The third-order valence-electron chi connectivity index (χ3n) is 2.75. The van der Waals surface area contributed by atoms with E-state index in [0.717, 1.165) is 5.69 Å². The molecule has 5 N–H and O–H groups in total. The molecule has 110 valence electrons. The number of carboxylic acids is 1. The Morgan fingerprint density at radius 2 is 2.14 bits per heavy atom. The molecule has 8 heteroatoms. The number of aromatic amines is 1. The van der Waals surface area contributed by atoms with Crippen molar-refractivity contribution in [3.63, 3.8) is 0 Å². The number of para-hydroxylation sites is 1. The number of nitrogens with zero attached hydrogens (tertiary/aromatic N) is 1. The number of aromatic carboxylic acids is 1. The highest BCUT2D eigenvalue weighted by atomic mass is 16.4. The molecule has 0 unspecified atom stereocenters. The summed E-state index contributed by atoms with van der Waals surface area (Å²) in [4.78, 5) is 29.3. The quantitative estimate of drug-likeness (QED) is 0.528. The molecule has 1 aromatic heterocycles. The lowest BCUT2D eigenvalue weighted by atomic mass is 10.1. The molecule has 1 aromatic carbocycles. The van der Waals surface area contributed by atoms with E-state index in [0.29, 0.717) is 13.0 Å². The second-order valence-corrected chi connectivity index (χ2v) is 4.21. The summed E-state index contributed by atoms with van der Waals surface area (Å²) in [5.41, 5.74) is 0.644. The van der Waals surface area contributed by atoms with E-state index in [1.807, 2.05) is 0 Å². The average Bonchev–Trinajstić information content (AvgIpc) is 2.94. The van der Waals surface area contributed by atoms with E-state index in [1.54, 1.807) is 12.5 Å². The number of anilines is 1. The van der Waals surface area contributed by atoms with Gasteiger partial charge in [-0.3, -0.25) is 0 Å². The smallest absolute Gasteiger partial charge is 0.339 e. The van der Waals surface area contributed by atoms with Crippen molar-refractivity contribution in [2.24, 2.45) is 0 Å². The Bertz CT molecular complexity index is 640. The molecule has 0 saturated carbocycles. The van der Waals surface area contributed by atoms with Gasteiger partial charge in [0, 0.05) is 24.9 Å². The summed E-state index contributed by atoms with van der Waals surface area (Å²) >= 11 is 0. The predicted octanol–water partition coefficient (Wildman–Crippen LogP) is 1.18. The molecule has 2 aromatic rings. The number of imidazole rings is 1. The van der Waals surface area contributed by atoms with Crippen LogP contribution >= 0.6 is 0 Å². The summed E-state index contributed by atoms with van der Waals surface area (Å²) in [6, 6.07) is 3.56. The van der Waals surface area contributed by atoms with Crippen LogP contribution in [0.25, 0.3) is 0 Å². The molecule has 0 bridgehead atoms. The summed E-state index contributed by atoms with van der Waals surface area (Å²) in [6.45, 7) is 0.368. The number of benzene rings is 1. The molecule has 2 rings (SSSR count). The Labute approximate surface area is 119 Å². The van der Waals surface area contributed by atoms with Crippen LogP contribution < -0.4 is 10.6 Å². The number of rotatable bonds is 5. The first kappa shape index (κ1) is 14.4. The summed E-state index contributed by atoms with van der Waals surface area (Å²) in [6.07, 6.45) is 3.78. The highest BCUT2D eigenvalue weighted by Gasteiger charge is 2.14. The van der Waals surface area contributed by atoms with Crippen LogP contribution in [0.3, 0.4) is 0 Å². The Hall–Kier alpha value is -3.03. The van der Waals surface area contributed by atoms with Gasteiger partial charge in [-0.05, 0) is 12.1 Å². The van der Waals surface area contributed by atoms with Crippen LogP contribution in [-0.2, 0) is 6.42 Å². The van der Waals surface area contributed by atoms with Crippen molar-refractivity contribution in [2.45, 2.75) is 6.42 Å². The molecule has 0 saturated heterocycles. The van der Waals surface area contributed by atoms with Crippen molar-refractivity contribution >= 4 is 17.7 Å². The molecule has 2 amide bonds. The van der Waals surface area contributed by atoms with E-state index in [4.69, 9.17) is 5.11 Å². The van der Waals surface area contributed by atoms with Crippen LogP contribution in [0.2, 0.25) is 0 Å². The lowest BCUT2D eigenvalue weighted by Gasteiger charge is -2.10. The number of aromatic nitrogens is 2. The van der Waals surface area contributed by atoms with Crippen LogP contribution in [0, 0.1) is 0 Å². The van der Waals surface area contributed by atoms with Gasteiger partial charge in [0.1, 0.15) is 5.56 Å². The van der Waals surface area contributed by atoms with E-state index in [9.17, 15) is 14.7 Å². The Kier molecular flexibility index (Phi) is 4.39. The number of carbonyl (C=O) groups is 2. The molecular weight excluding hydrogens is 276 g/mol. The molecule has 0 atom stereocenters. The van der Waals surface area contributed by atoms with E-state index in [-0.39, 0.29) is 11.3 Å². The minimum Gasteiger partial charge on any atom is -0.505 e. The summed E-state index contributed by atoms with van der Waals surface area (Å²) in [5.74, 6) is -1.75. The molecule has 21 heavy (non-hydrogen) atoms. The number of urea groups is 1. The first-order chi connectivity index (χ1) is 10.1. The molecule has 0 aliphatic carbocycles. The van der Waals surface area contributed by atoms with Crippen molar-refractivity contribution < 1.29 is 19.8 Å². The predicted molar refractivity (Wildman–Crippen MR) is 74.4 cm³/mol. The number of phenols is 1. The molecular formula is C13H14N4O4. The van der Waals surface area contributed by atoms with Crippen LogP contribution in [0.15, 0.2) is 30.7 Å². The molecule has 1 heterocycles. The van der Waals surface area contributed by atoms with Crippen LogP contribution in [-0.4, -0.2) is 38.7 Å². The van der Waals surface area contributed by atoms with E-state index in [1.165, 1.54) is 18.2 Å². The highest BCUT2D eigenvalue weighted by molar-refractivity contribution is 5.97. The summed E-state index contributed by atoms with van der Waals surface area (Å²) in [7, 11) is 0. The Balaban J connectivity index is 1.90. The third-order valence-corrected chi connectivity index (χ3v) is 2.75. The van der Waals surface area contributed by atoms with Gasteiger partial charge in [0.15, 0.2) is 5.75 Å². The van der Waals surface area contributed by atoms with Crippen molar-refractivity contribution in [3.8, 4) is 5.75 Å². The zero-order valence-electron chi connectivity index (χ0n) is 11.0. The summed E-state index contributed by atoms with van der Waals surface area (Å²) < 4.78 is 0. The van der Waals surface area contributed by atoms with Gasteiger partial charge >= 0.3 is 12.0 Å². The number of aromatic hydroxyl groups is 1. The normalized spacial score (nSPS) is 10.1. The van der Waals surface area contributed by atoms with Gasteiger partial charge in [-0.2, -0.15) is 0 Å². The van der Waals surface area contributed by atoms with Gasteiger partial charge in [0.25, 0.3) is 0 Å². The maximum atomic E-state index is 11.7. The first-order valence-corrected chi connectivity index (χ1v) is 6.15. The van der Waals surface area contributed by atoms with Crippen molar-refractivity contribution in [2.75, 3.05) is 11.9 Å². The SMILES string of the molecule is O=C(NCCc1cnc[nH]1)Nc1cccc(C(=O)O)c1O. The standard InChI is InChI=1S/C13H14N4O4/c18-11-9(12(19)20)2-1-3-10(11)17-13(21)15-5-4-8-6-14-7-16-8/h1-3,6-7,18H,4-5H2,(H,14,16)(H,19,20)(H2,15,17,21). The van der Waals surface area contributed by atoms with Gasteiger partial charge in [-0.1, -0.05) is 6.07 Å². The lowest BCUT2D eigenvalue weighted by Crippen LogP contribution is -2.30. The topological polar surface area (TPSA) is 127 Å². The zero-order chi connectivity index (χ0) is 15.2.